The fraction of sp³-hybridized carbons (Fsp3) is 0.278. The largest absolute Gasteiger partial charge is 0.491 e. The number of ether oxygens (including phenoxy) is 1. The number of rotatable bonds is 8. The monoisotopic (exact) mass is 317 g/mol. The molecule has 0 aliphatic heterocycles. The van der Waals surface area contributed by atoms with E-state index >= 15 is 0 Å². The number of amides is 1. The second kappa shape index (κ2) is 8.90. The van der Waals surface area contributed by atoms with Crippen LogP contribution in [0.15, 0.2) is 48.5 Å². The van der Waals surface area contributed by atoms with E-state index in [1.807, 2.05) is 12.1 Å². The fourth-order valence-corrected chi connectivity index (χ4v) is 2.08. The van der Waals surface area contributed by atoms with Gasteiger partial charge in [0, 0.05) is 18.7 Å². The van der Waals surface area contributed by atoms with Gasteiger partial charge in [-0.05, 0) is 42.7 Å². The molecule has 5 heteroatoms. The van der Waals surface area contributed by atoms with Crippen LogP contribution in [0.1, 0.15) is 18.4 Å². The highest BCUT2D eigenvalue weighted by atomic mass is 19.1. The SMILES string of the molecule is O=C(CCCOc1ccccc1F)Nc1ccc(CCO)cc1. The van der Waals surface area contributed by atoms with Crippen LogP contribution in [0.25, 0.3) is 0 Å². The van der Waals surface area contributed by atoms with Gasteiger partial charge in [0.05, 0.1) is 6.61 Å². The lowest BCUT2D eigenvalue weighted by atomic mass is 10.1. The second-order valence-electron chi connectivity index (χ2n) is 5.10. The van der Waals surface area contributed by atoms with Gasteiger partial charge in [-0.3, -0.25) is 4.79 Å². The molecule has 23 heavy (non-hydrogen) atoms. The Hall–Kier alpha value is -2.40. The summed E-state index contributed by atoms with van der Waals surface area (Å²) < 4.78 is 18.6. The van der Waals surface area contributed by atoms with E-state index in [0.29, 0.717) is 24.9 Å². The van der Waals surface area contributed by atoms with Crippen LogP contribution >= 0.6 is 0 Å². The van der Waals surface area contributed by atoms with Gasteiger partial charge in [0.1, 0.15) is 0 Å². The number of halogens is 1. The molecule has 0 saturated heterocycles. The molecule has 0 atom stereocenters. The first kappa shape index (κ1) is 17.0. The van der Waals surface area contributed by atoms with Crippen molar-refractivity contribution >= 4 is 11.6 Å². The molecule has 4 nitrogen and oxygen atoms in total. The van der Waals surface area contributed by atoms with Crippen LogP contribution in [-0.4, -0.2) is 24.2 Å². The molecule has 0 bridgehead atoms. The molecular formula is C18H20FNO3. The second-order valence-corrected chi connectivity index (χ2v) is 5.10. The molecule has 0 spiro atoms. The molecule has 0 aromatic heterocycles. The summed E-state index contributed by atoms with van der Waals surface area (Å²) in [6, 6.07) is 13.5. The number of carbonyl (C=O) groups is 1. The normalized spacial score (nSPS) is 10.3. The number of hydrogen-bond donors (Lipinski definition) is 2. The van der Waals surface area contributed by atoms with Crippen molar-refractivity contribution in [3.05, 3.63) is 59.9 Å². The summed E-state index contributed by atoms with van der Waals surface area (Å²) in [7, 11) is 0. The number of carbonyl (C=O) groups excluding carboxylic acids is 1. The first-order chi connectivity index (χ1) is 11.2. The summed E-state index contributed by atoms with van der Waals surface area (Å²) in [6.45, 7) is 0.386. The van der Waals surface area contributed by atoms with Crippen molar-refractivity contribution in [1.29, 1.82) is 0 Å². The van der Waals surface area contributed by atoms with Gasteiger partial charge in [0.25, 0.3) is 0 Å². The molecule has 2 aromatic carbocycles. The molecule has 0 unspecified atom stereocenters. The van der Waals surface area contributed by atoms with E-state index < -0.39 is 5.82 Å². The van der Waals surface area contributed by atoms with E-state index in [0.717, 1.165) is 5.56 Å². The van der Waals surface area contributed by atoms with E-state index in [-0.39, 0.29) is 24.9 Å². The molecule has 1 amide bonds. The lowest BCUT2D eigenvalue weighted by molar-refractivity contribution is -0.116. The Balaban J connectivity index is 1.70. The van der Waals surface area contributed by atoms with Gasteiger partial charge in [-0.1, -0.05) is 24.3 Å². The molecule has 0 aliphatic carbocycles. The van der Waals surface area contributed by atoms with Crippen molar-refractivity contribution in [2.75, 3.05) is 18.5 Å². The van der Waals surface area contributed by atoms with E-state index in [9.17, 15) is 9.18 Å². The highest BCUT2D eigenvalue weighted by Crippen LogP contribution is 2.16. The van der Waals surface area contributed by atoms with Crippen LogP contribution in [0.5, 0.6) is 5.75 Å². The van der Waals surface area contributed by atoms with E-state index in [1.54, 1.807) is 30.3 Å². The maximum atomic E-state index is 13.3. The Morgan fingerprint density at radius 1 is 1.13 bits per heavy atom. The zero-order valence-electron chi connectivity index (χ0n) is 12.8. The lowest BCUT2D eigenvalue weighted by Crippen LogP contribution is -2.13. The lowest BCUT2D eigenvalue weighted by Gasteiger charge is -2.08. The topological polar surface area (TPSA) is 58.6 Å². The standard InChI is InChI=1S/C18H20FNO3/c19-16-4-1-2-5-17(16)23-13-3-6-18(22)20-15-9-7-14(8-10-15)11-12-21/h1-2,4-5,7-10,21H,3,6,11-13H2,(H,20,22). The summed E-state index contributed by atoms with van der Waals surface area (Å²) in [4.78, 5) is 11.8. The number of aliphatic hydroxyl groups excluding tert-OH is 1. The van der Waals surface area contributed by atoms with Crippen LogP contribution < -0.4 is 10.1 Å². The number of aliphatic hydroxyl groups is 1. The number of nitrogens with one attached hydrogen (secondary N) is 1. The Labute approximate surface area is 134 Å². The Kier molecular flexibility index (Phi) is 6.56. The number of hydrogen-bond acceptors (Lipinski definition) is 3. The molecule has 0 saturated carbocycles. The molecular weight excluding hydrogens is 297 g/mol. The van der Waals surface area contributed by atoms with Gasteiger partial charge in [0.2, 0.25) is 5.91 Å². The Morgan fingerprint density at radius 2 is 1.87 bits per heavy atom. The fourth-order valence-electron chi connectivity index (χ4n) is 2.08. The highest BCUT2D eigenvalue weighted by Gasteiger charge is 2.04. The van der Waals surface area contributed by atoms with Crippen molar-refractivity contribution in [3.8, 4) is 5.75 Å². The first-order valence-electron chi connectivity index (χ1n) is 7.56. The van der Waals surface area contributed by atoms with Gasteiger partial charge in [-0.25, -0.2) is 4.39 Å². The Bertz CT molecular complexity index is 628. The van der Waals surface area contributed by atoms with Crippen LogP contribution in [0.2, 0.25) is 0 Å². The molecule has 2 rings (SSSR count). The number of para-hydroxylation sites is 1. The zero-order chi connectivity index (χ0) is 16.5. The van der Waals surface area contributed by atoms with Crippen molar-refractivity contribution < 1.29 is 19.0 Å². The van der Waals surface area contributed by atoms with Crippen molar-refractivity contribution in [1.82, 2.24) is 0 Å². The smallest absolute Gasteiger partial charge is 0.224 e. The highest BCUT2D eigenvalue weighted by molar-refractivity contribution is 5.90. The zero-order valence-corrected chi connectivity index (χ0v) is 12.8. The van der Waals surface area contributed by atoms with E-state index in [1.165, 1.54) is 6.07 Å². The summed E-state index contributed by atoms with van der Waals surface area (Å²) in [5.41, 5.74) is 1.73. The van der Waals surface area contributed by atoms with E-state index in [2.05, 4.69) is 5.32 Å². The third-order valence-corrected chi connectivity index (χ3v) is 3.28. The first-order valence-corrected chi connectivity index (χ1v) is 7.56. The summed E-state index contributed by atoms with van der Waals surface area (Å²) >= 11 is 0. The number of benzene rings is 2. The average Bonchev–Trinajstić information content (AvgIpc) is 2.55. The van der Waals surface area contributed by atoms with Gasteiger partial charge < -0.3 is 15.2 Å². The minimum Gasteiger partial charge on any atom is -0.491 e. The molecule has 2 N–H and O–H groups in total. The Morgan fingerprint density at radius 3 is 2.57 bits per heavy atom. The maximum Gasteiger partial charge on any atom is 0.224 e. The van der Waals surface area contributed by atoms with Gasteiger partial charge in [-0.2, -0.15) is 0 Å². The maximum absolute atomic E-state index is 13.3. The van der Waals surface area contributed by atoms with Gasteiger partial charge >= 0.3 is 0 Å². The molecule has 122 valence electrons. The quantitative estimate of drug-likeness (QED) is 0.735. The minimum absolute atomic E-state index is 0.105. The predicted octanol–water partition coefficient (Wildman–Crippen LogP) is 3.16. The molecule has 0 fully saturated rings. The molecule has 0 heterocycles. The summed E-state index contributed by atoms with van der Waals surface area (Å²) in [6.07, 6.45) is 1.40. The molecule has 0 radical (unpaired) electrons. The third-order valence-electron chi connectivity index (χ3n) is 3.28. The van der Waals surface area contributed by atoms with Crippen molar-refractivity contribution in [3.63, 3.8) is 0 Å². The van der Waals surface area contributed by atoms with E-state index in [4.69, 9.17) is 9.84 Å². The predicted molar refractivity (Wildman–Crippen MR) is 87.0 cm³/mol. The molecule has 2 aromatic rings. The van der Waals surface area contributed by atoms with Crippen LogP contribution in [0, 0.1) is 5.82 Å². The van der Waals surface area contributed by atoms with Crippen LogP contribution in [0.3, 0.4) is 0 Å². The van der Waals surface area contributed by atoms with Crippen molar-refractivity contribution in [2.45, 2.75) is 19.3 Å². The van der Waals surface area contributed by atoms with Crippen molar-refractivity contribution in [2.24, 2.45) is 0 Å². The summed E-state index contributed by atoms with van der Waals surface area (Å²) in [5.74, 6) is -0.315. The van der Waals surface area contributed by atoms with Gasteiger partial charge in [0.15, 0.2) is 11.6 Å². The average molecular weight is 317 g/mol. The summed E-state index contributed by atoms with van der Waals surface area (Å²) in [5, 5.41) is 11.6. The van der Waals surface area contributed by atoms with Crippen LogP contribution in [0.4, 0.5) is 10.1 Å². The number of anilines is 1. The van der Waals surface area contributed by atoms with Gasteiger partial charge in [-0.15, -0.1) is 0 Å². The van der Waals surface area contributed by atoms with Crippen LogP contribution in [-0.2, 0) is 11.2 Å². The third kappa shape index (κ3) is 5.71. The minimum atomic E-state index is -0.403. The molecule has 0 aliphatic rings.